The number of carboxylic acids is 1. The molecule has 0 radical (unpaired) electrons. The molecule has 0 spiro atoms. The van der Waals surface area contributed by atoms with Crippen LogP contribution in [0.1, 0.15) is 13.3 Å². The maximum Gasteiger partial charge on any atom is 0.333 e. The van der Waals surface area contributed by atoms with E-state index in [-0.39, 0.29) is 18.6 Å². The molecule has 86 valence electrons. The highest BCUT2D eigenvalue weighted by Gasteiger charge is 2.19. The Morgan fingerprint density at radius 2 is 1.87 bits per heavy atom. The molecule has 4 nitrogen and oxygen atoms in total. The molecule has 0 saturated heterocycles. The lowest BCUT2D eigenvalue weighted by molar-refractivity contribution is -0.142. The number of carbonyl (C=O) groups is 2. The van der Waals surface area contributed by atoms with Crippen molar-refractivity contribution in [2.45, 2.75) is 33.0 Å². The molecule has 0 atom stereocenters. The minimum atomic E-state index is -1.61. The second-order valence-corrected chi connectivity index (χ2v) is 9.35. The normalized spacial score (nSPS) is 12.4. The van der Waals surface area contributed by atoms with Gasteiger partial charge in [-0.1, -0.05) is 25.3 Å². The van der Waals surface area contributed by atoms with Crippen LogP contribution in [0.3, 0.4) is 0 Å². The summed E-state index contributed by atoms with van der Waals surface area (Å²) in [6.07, 6.45) is -0.261. The van der Waals surface area contributed by atoms with Gasteiger partial charge < -0.3 is 9.84 Å². The molecule has 15 heavy (non-hydrogen) atoms. The van der Waals surface area contributed by atoms with Crippen LogP contribution in [0.4, 0.5) is 0 Å². The first-order valence-electron chi connectivity index (χ1n) is 4.87. The molecule has 1 N–H and O–H groups in total. The van der Waals surface area contributed by atoms with E-state index in [2.05, 4.69) is 0 Å². The third-order valence-corrected chi connectivity index (χ3v) is 2.70. The molecule has 0 aromatic rings. The van der Waals surface area contributed by atoms with Gasteiger partial charge in [-0.2, -0.15) is 0 Å². The zero-order valence-corrected chi connectivity index (χ0v) is 10.7. The fourth-order valence-corrected chi connectivity index (χ4v) is 2.36. The molecule has 0 fully saturated rings. The van der Waals surface area contributed by atoms with Gasteiger partial charge in [0.2, 0.25) is 0 Å². The molecule has 0 aliphatic carbocycles. The highest BCUT2D eigenvalue weighted by atomic mass is 28.3. The number of hydrogen-bond donors (Lipinski definition) is 1. The first-order chi connectivity index (χ1) is 6.76. The Labute approximate surface area is 90.9 Å². The average molecular weight is 230 g/mol. The maximum absolute atomic E-state index is 11.4. The Morgan fingerprint density at radius 1 is 1.33 bits per heavy atom. The van der Waals surface area contributed by atoms with Crippen LogP contribution < -0.4 is 0 Å². The zero-order chi connectivity index (χ0) is 12.1. The monoisotopic (exact) mass is 230 g/mol. The van der Waals surface area contributed by atoms with Crippen molar-refractivity contribution < 1.29 is 19.4 Å². The minimum absolute atomic E-state index is 0.261. The summed E-state index contributed by atoms with van der Waals surface area (Å²) >= 11 is 0. The Balaban J connectivity index is 4.80. The summed E-state index contributed by atoms with van der Waals surface area (Å²) < 4.78 is 4.80. The molecule has 0 aliphatic heterocycles. The Hall–Kier alpha value is -1.10. The Kier molecular flexibility index (Phi) is 5.28. The van der Waals surface area contributed by atoms with Crippen molar-refractivity contribution >= 4 is 20.0 Å². The van der Waals surface area contributed by atoms with Gasteiger partial charge in [0.15, 0.2) is 0 Å². The van der Waals surface area contributed by atoms with Crippen molar-refractivity contribution in [1.82, 2.24) is 0 Å². The van der Waals surface area contributed by atoms with Crippen LogP contribution >= 0.6 is 0 Å². The molecule has 0 bridgehead atoms. The molecular formula is C10H18O4Si. The molecule has 0 heterocycles. The van der Waals surface area contributed by atoms with Gasteiger partial charge in [-0.3, -0.25) is 4.79 Å². The summed E-state index contributed by atoms with van der Waals surface area (Å²) in [6, 6.07) is 0. The van der Waals surface area contributed by atoms with Crippen molar-refractivity contribution in [1.29, 1.82) is 0 Å². The summed E-state index contributed by atoms with van der Waals surface area (Å²) in [5.74, 6) is -1.52. The van der Waals surface area contributed by atoms with Crippen molar-refractivity contribution in [2.24, 2.45) is 0 Å². The van der Waals surface area contributed by atoms with Gasteiger partial charge >= 0.3 is 11.9 Å². The molecule has 0 saturated carbocycles. The van der Waals surface area contributed by atoms with Crippen LogP contribution in [0.2, 0.25) is 19.6 Å². The summed E-state index contributed by atoms with van der Waals surface area (Å²) in [4.78, 5) is 22.0. The largest absolute Gasteiger partial charge is 0.481 e. The van der Waals surface area contributed by atoms with E-state index in [0.717, 1.165) is 0 Å². The first-order valence-corrected chi connectivity index (χ1v) is 8.44. The minimum Gasteiger partial charge on any atom is -0.481 e. The van der Waals surface area contributed by atoms with Crippen molar-refractivity contribution in [2.75, 3.05) is 6.61 Å². The van der Waals surface area contributed by atoms with Crippen LogP contribution in [-0.2, 0) is 14.3 Å². The number of esters is 1. The summed E-state index contributed by atoms with van der Waals surface area (Å²) in [7, 11) is -1.61. The second-order valence-electron chi connectivity index (χ2n) is 4.33. The van der Waals surface area contributed by atoms with Crippen LogP contribution in [-0.4, -0.2) is 31.7 Å². The third kappa shape index (κ3) is 6.90. The predicted octanol–water partition coefficient (Wildman–Crippen LogP) is 1.83. The van der Waals surface area contributed by atoms with Gasteiger partial charge in [0, 0.05) is 5.57 Å². The van der Waals surface area contributed by atoms with E-state index in [1.54, 1.807) is 12.6 Å². The van der Waals surface area contributed by atoms with Crippen molar-refractivity contribution in [3.8, 4) is 0 Å². The van der Waals surface area contributed by atoms with Crippen LogP contribution in [0.15, 0.2) is 11.3 Å². The highest BCUT2D eigenvalue weighted by Crippen LogP contribution is 2.12. The first kappa shape index (κ1) is 13.9. The van der Waals surface area contributed by atoms with Gasteiger partial charge in [-0.15, -0.1) is 0 Å². The molecule has 0 aromatic heterocycles. The van der Waals surface area contributed by atoms with Gasteiger partial charge in [-0.25, -0.2) is 4.79 Å². The summed E-state index contributed by atoms with van der Waals surface area (Å²) in [5, 5.41) is 8.66. The van der Waals surface area contributed by atoms with Crippen LogP contribution in [0.25, 0.3) is 0 Å². The highest BCUT2D eigenvalue weighted by molar-refractivity contribution is 6.81. The van der Waals surface area contributed by atoms with E-state index in [9.17, 15) is 9.59 Å². The molecular weight excluding hydrogens is 212 g/mol. The lowest BCUT2D eigenvalue weighted by Crippen LogP contribution is -2.21. The molecule has 0 aromatic carbocycles. The topological polar surface area (TPSA) is 63.6 Å². The Bertz CT molecular complexity index is 276. The quantitative estimate of drug-likeness (QED) is 0.444. The van der Waals surface area contributed by atoms with E-state index in [1.165, 1.54) is 0 Å². The lowest BCUT2D eigenvalue weighted by Gasteiger charge is -2.12. The average Bonchev–Trinajstić information content (AvgIpc) is 1.99. The number of carboxylic acid groups (broad SMARTS) is 1. The lowest BCUT2D eigenvalue weighted by atomic mass is 10.2. The van der Waals surface area contributed by atoms with Crippen molar-refractivity contribution in [3.05, 3.63) is 11.3 Å². The fraction of sp³-hybridized carbons (Fsp3) is 0.600. The summed E-state index contributed by atoms with van der Waals surface area (Å²) in [6.45, 7) is 8.07. The second kappa shape index (κ2) is 5.70. The molecule has 0 unspecified atom stereocenters. The van der Waals surface area contributed by atoms with Gasteiger partial charge in [0.25, 0.3) is 0 Å². The zero-order valence-electron chi connectivity index (χ0n) is 9.66. The molecule has 0 rings (SSSR count). The molecule has 0 aliphatic rings. The smallest absolute Gasteiger partial charge is 0.333 e. The van der Waals surface area contributed by atoms with Crippen molar-refractivity contribution in [3.63, 3.8) is 0 Å². The number of ether oxygens (including phenoxy) is 1. The predicted molar refractivity (Wildman–Crippen MR) is 60.3 cm³/mol. The third-order valence-electron chi connectivity index (χ3n) is 1.49. The van der Waals surface area contributed by atoms with Gasteiger partial charge in [0.1, 0.15) is 0 Å². The van der Waals surface area contributed by atoms with Gasteiger partial charge in [0.05, 0.1) is 21.1 Å². The number of rotatable bonds is 5. The fourth-order valence-electron chi connectivity index (χ4n) is 1.09. The van der Waals surface area contributed by atoms with E-state index >= 15 is 0 Å². The van der Waals surface area contributed by atoms with E-state index < -0.39 is 20.0 Å². The maximum atomic E-state index is 11.4. The van der Waals surface area contributed by atoms with E-state index in [1.807, 2.05) is 19.6 Å². The number of aliphatic carboxylic acids is 1. The SMILES string of the molecule is CCOC(=O)C(=C[Si](C)(C)C)CC(=O)O. The van der Waals surface area contributed by atoms with Crippen LogP contribution in [0.5, 0.6) is 0 Å². The van der Waals surface area contributed by atoms with E-state index in [4.69, 9.17) is 9.84 Å². The Morgan fingerprint density at radius 3 is 2.20 bits per heavy atom. The standard InChI is InChI=1S/C10H18O4Si/c1-5-14-10(13)8(6-9(11)12)7-15(2,3)4/h7H,5-6H2,1-4H3,(H,11,12). The number of hydrogen-bond acceptors (Lipinski definition) is 3. The van der Waals surface area contributed by atoms with Gasteiger partial charge in [-0.05, 0) is 6.92 Å². The molecule has 0 amide bonds. The summed E-state index contributed by atoms with van der Waals surface area (Å²) in [5.41, 5.74) is 2.04. The number of carbonyl (C=O) groups excluding carboxylic acids is 1. The van der Waals surface area contributed by atoms with E-state index in [0.29, 0.717) is 0 Å². The van der Waals surface area contributed by atoms with Crippen LogP contribution in [0, 0.1) is 0 Å². The molecule has 5 heteroatoms.